The lowest BCUT2D eigenvalue weighted by molar-refractivity contribution is -0.142. The maximum absolute atomic E-state index is 12.0. The second-order valence-corrected chi connectivity index (χ2v) is 9.30. The van der Waals surface area contributed by atoms with Gasteiger partial charge in [0.1, 0.15) is 19.0 Å². The minimum absolute atomic E-state index is 0.00376. The van der Waals surface area contributed by atoms with Crippen LogP contribution in [0.15, 0.2) is 12.1 Å². The molecule has 2 rings (SSSR count). The number of carbonyl (C=O) groups excluding carboxylic acids is 5. The van der Waals surface area contributed by atoms with Crippen LogP contribution in [0.5, 0.6) is 5.75 Å². The Bertz CT molecular complexity index is 985. The van der Waals surface area contributed by atoms with Crippen molar-refractivity contribution in [1.82, 2.24) is 10.2 Å². The van der Waals surface area contributed by atoms with Gasteiger partial charge in [-0.2, -0.15) is 0 Å². The Labute approximate surface area is 223 Å². The maximum atomic E-state index is 12.0. The van der Waals surface area contributed by atoms with Gasteiger partial charge in [-0.15, -0.1) is 0 Å². The van der Waals surface area contributed by atoms with E-state index in [0.717, 1.165) is 12.0 Å². The van der Waals surface area contributed by atoms with Crippen molar-refractivity contribution in [3.63, 3.8) is 0 Å². The molecular weight excluding hydrogens is 496 g/mol. The number of imide groups is 1. The van der Waals surface area contributed by atoms with Gasteiger partial charge in [-0.1, -0.05) is 13.3 Å². The second kappa shape index (κ2) is 15.7. The highest BCUT2D eigenvalue weighted by atomic mass is 16.7. The SMILES string of the molecule is CC(=O)OCc1cc(C)c(OC(=O)OCCOCCNC(=O)CCCCCN2C(=O)CC(C)C2=O)c(C)c1. The molecule has 0 aliphatic carbocycles. The summed E-state index contributed by atoms with van der Waals surface area (Å²) in [6.45, 7) is 7.96. The van der Waals surface area contributed by atoms with E-state index in [-0.39, 0.29) is 62.5 Å². The number of benzene rings is 1. The van der Waals surface area contributed by atoms with Gasteiger partial charge in [0.15, 0.2) is 0 Å². The Kier molecular flexibility index (Phi) is 12.7. The van der Waals surface area contributed by atoms with Crippen molar-refractivity contribution in [2.75, 3.05) is 32.9 Å². The quantitative estimate of drug-likeness (QED) is 0.156. The summed E-state index contributed by atoms with van der Waals surface area (Å²) in [5.41, 5.74) is 2.21. The van der Waals surface area contributed by atoms with E-state index in [9.17, 15) is 24.0 Å². The van der Waals surface area contributed by atoms with Crippen molar-refractivity contribution < 1.29 is 42.9 Å². The number of aryl methyl sites for hydroxylation is 2. The molecule has 3 amide bonds. The molecule has 1 aliphatic rings. The molecule has 1 fully saturated rings. The lowest BCUT2D eigenvalue weighted by Crippen LogP contribution is -2.31. The Hall–Kier alpha value is -3.47. The number of unbranched alkanes of at least 4 members (excludes halogenated alkanes) is 2. The monoisotopic (exact) mass is 534 g/mol. The third-order valence-corrected chi connectivity index (χ3v) is 5.92. The number of nitrogens with one attached hydrogen (secondary N) is 1. The molecule has 0 spiro atoms. The zero-order chi connectivity index (χ0) is 28.1. The molecule has 0 saturated carbocycles. The predicted octanol–water partition coefficient (Wildman–Crippen LogP) is 2.97. The number of nitrogens with zero attached hydrogens (tertiary/aromatic N) is 1. The summed E-state index contributed by atoms with van der Waals surface area (Å²) >= 11 is 0. The fourth-order valence-corrected chi connectivity index (χ4v) is 4.03. The van der Waals surface area contributed by atoms with E-state index in [1.165, 1.54) is 11.8 Å². The summed E-state index contributed by atoms with van der Waals surface area (Å²) in [6.07, 6.45) is 1.89. The van der Waals surface area contributed by atoms with Crippen molar-refractivity contribution in [3.05, 3.63) is 28.8 Å². The highest BCUT2D eigenvalue weighted by Crippen LogP contribution is 2.25. The number of hydrogen-bond donors (Lipinski definition) is 1. The van der Waals surface area contributed by atoms with Gasteiger partial charge in [0, 0.05) is 38.8 Å². The highest BCUT2D eigenvalue weighted by Gasteiger charge is 2.34. The lowest BCUT2D eigenvalue weighted by atomic mass is 10.1. The van der Waals surface area contributed by atoms with Gasteiger partial charge in [0.25, 0.3) is 0 Å². The normalized spacial score (nSPS) is 14.9. The minimum Gasteiger partial charge on any atom is -0.461 e. The van der Waals surface area contributed by atoms with Gasteiger partial charge in [-0.05, 0) is 55.5 Å². The van der Waals surface area contributed by atoms with Crippen LogP contribution < -0.4 is 10.1 Å². The molecule has 210 valence electrons. The second-order valence-electron chi connectivity index (χ2n) is 9.30. The van der Waals surface area contributed by atoms with Crippen LogP contribution >= 0.6 is 0 Å². The van der Waals surface area contributed by atoms with E-state index in [2.05, 4.69) is 5.32 Å². The molecule has 0 radical (unpaired) electrons. The zero-order valence-electron chi connectivity index (χ0n) is 22.6. The maximum Gasteiger partial charge on any atom is 0.513 e. The molecule has 1 aromatic rings. The molecule has 1 unspecified atom stereocenters. The molecular formula is C27H38N2O9. The van der Waals surface area contributed by atoms with E-state index >= 15 is 0 Å². The van der Waals surface area contributed by atoms with Gasteiger partial charge in [-0.25, -0.2) is 4.79 Å². The molecule has 1 atom stereocenters. The van der Waals surface area contributed by atoms with Crippen LogP contribution in [0, 0.1) is 19.8 Å². The van der Waals surface area contributed by atoms with Crippen LogP contribution in [-0.2, 0) is 40.0 Å². The Balaban J connectivity index is 1.50. The van der Waals surface area contributed by atoms with Crippen LogP contribution in [0.2, 0.25) is 0 Å². The number of carbonyl (C=O) groups is 5. The number of amides is 3. The van der Waals surface area contributed by atoms with Gasteiger partial charge >= 0.3 is 12.1 Å². The minimum atomic E-state index is -0.853. The van der Waals surface area contributed by atoms with E-state index in [1.54, 1.807) is 32.9 Å². The summed E-state index contributed by atoms with van der Waals surface area (Å²) in [5, 5.41) is 2.76. The number of likely N-dealkylation sites (tertiary alicyclic amines) is 1. The average Bonchev–Trinajstić information content (AvgIpc) is 3.09. The number of hydrogen-bond acceptors (Lipinski definition) is 9. The largest absolute Gasteiger partial charge is 0.513 e. The average molecular weight is 535 g/mol. The molecule has 38 heavy (non-hydrogen) atoms. The van der Waals surface area contributed by atoms with Crippen molar-refractivity contribution >= 4 is 29.8 Å². The molecule has 11 nitrogen and oxygen atoms in total. The fraction of sp³-hybridized carbons (Fsp3) is 0.593. The first-order valence-electron chi connectivity index (χ1n) is 12.8. The molecule has 1 N–H and O–H groups in total. The van der Waals surface area contributed by atoms with Crippen molar-refractivity contribution in [3.8, 4) is 5.75 Å². The smallest absolute Gasteiger partial charge is 0.461 e. The van der Waals surface area contributed by atoms with E-state index < -0.39 is 6.16 Å². The van der Waals surface area contributed by atoms with Gasteiger partial charge in [0.05, 0.1) is 13.2 Å². The Morgan fingerprint density at radius 1 is 1.00 bits per heavy atom. The lowest BCUT2D eigenvalue weighted by Gasteiger charge is -2.13. The first-order chi connectivity index (χ1) is 18.1. The highest BCUT2D eigenvalue weighted by molar-refractivity contribution is 6.03. The van der Waals surface area contributed by atoms with Crippen molar-refractivity contribution in [2.24, 2.45) is 5.92 Å². The summed E-state index contributed by atoms with van der Waals surface area (Å²) in [6, 6.07) is 3.55. The van der Waals surface area contributed by atoms with Gasteiger partial charge in [0.2, 0.25) is 17.7 Å². The van der Waals surface area contributed by atoms with Crippen LogP contribution in [0.4, 0.5) is 4.79 Å². The van der Waals surface area contributed by atoms with Crippen molar-refractivity contribution in [1.29, 1.82) is 0 Å². The standard InChI is InChI=1S/C27H38N2O9/c1-18-14-22(17-37-21(4)30)15-19(2)25(18)38-27(34)36-13-12-35-11-9-28-23(31)8-6-5-7-10-29-24(32)16-20(3)26(29)33/h14-15,20H,5-13,16-17H2,1-4H3,(H,28,31). The molecule has 11 heteroatoms. The summed E-state index contributed by atoms with van der Waals surface area (Å²) in [5.74, 6) is -0.532. The summed E-state index contributed by atoms with van der Waals surface area (Å²) in [4.78, 5) is 59.8. The van der Waals surface area contributed by atoms with E-state index in [1.807, 2.05) is 0 Å². The molecule has 1 aromatic carbocycles. The number of rotatable bonds is 15. The topological polar surface area (TPSA) is 138 Å². The summed E-state index contributed by atoms with van der Waals surface area (Å²) < 4.78 is 20.7. The number of ether oxygens (including phenoxy) is 4. The molecule has 0 bridgehead atoms. The van der Waals surface area contributed by atoms with Crippen LogP contribution in [0.25, 0.3) is 0 Å². The zero-order valence-corrected chi connectivity index (χ0v) is 22.6. The molecule has 0 aromatic heterocycles. The van der Waals surface area contributed by atoms with Crippen LogP contribution in [-0.4, -0.2) is 67.7 Å². The first kappa shape index (κ1) is 30.8. The summed E-state index contributed by atoms with van der Waals surface area (Å²) in [7, 11) is 0. The molecule has 1 saturated heterocycles. The van der Waals surface area contributed by atoms with Crippen LogP contribution in [0.1, 0.15) is 62.6 Å². The third-order valence-electron chi connectivity index (χ3n) is 5.92. The van der Waals surface area contributed by atoms with Crippen molar-refractivity contribution in [2.45, 2.75) is 66.4 Å². The van der Waals surface area contributed by atoms with Gasteiger partial charge < -0.3 is 24.3 Å². The molecule has 1 heterocycles. The van der Waals surface area contributed by atoms with Crippen LogP contribution in [0.3, 0.4) is 0 Å². The van der Waals surface area contributed by atoms with E-state index in [4.69, 9.17) is 18.9 Å². The third kappa shape index (κ3) is 10.5. The van der Waals surface area contributed by atoms with E-state index in [0.29, 0.717) is 49.2 Å². The number of esters is 1. The fourth-order valence-electron chi connectivity index (χ4n) is 4.03. The molecule has 1 aliphatic heterocycles. The predicted molar refractivity (Wildman–Crippen MR) is 136 cm³/mol. The Morgan fingerprint density at radius 3 is 2.34 bits per heavy atom. The Morgan fingerprint density at radius 2 is 1.71 bits per heavy atom. The first-order valence-corrected chi connectivity index (χ1v) is 12.8. The van der Waals surface area contributed by atoms with Gasteiger partial charge in [-0.3, -0.25) is 24.1 Å².